The van der Waals surface area contributed by atoms with Gasteiger partial charge in [-0.25, -0.2) is 4.79 Å². The number of carbonyl (C=O) groups is 1. The lowest BCUT2D eigenvalue weighted by molar-refractivity contribution is -0.459. The van der Waals surface area contributed by atoms with Gasteiger partial charge in [-0.3, -0.25) is 0 Å². The van der Waals surface area contributed by atoms with Crippen molar-refractivity contribution >= 4 is 12.0 Å². The van der Waals surface area contributed by atoms with E-state index in [2.05, 4.69) is 4.74 Å². The van der Waals surface area contributed by atoms with E-state index in [1.165, 1.54) is 0 Å². The minimum atomic E-state index is -8.67. The van der Waals surface area contributed by atoms with Gasteiger partial charge < -0.3 is 4.74 Å². The highest BCUT2D eigenvalue weighted by atomic mass is 19.4. The molecule has 37 heavy (non-hydrogen) atoms. The van der Waals surface area contributed by atoms with Gasteiger partial charge in [0.1, 0.15) is 0 Å². The summed E-state index contributed by atoms with van der Waals surface area (Å²) < 4.78 is 229. The standard InChI is InChI=1S/C18H9F17O2/c1-37-10(36)9-4-2-8(3-5-9)6-7-11(19,20)12(21,22)13(23,24)14(25,26)15(27,28)16(29,30)17(31,32)18(33,34)35/h2-7H,1H3/b7-6+. The molecular weight excluding hydrogens is 571 g/mol. The Labute approximate surface area is 193 Å². The summed E-state index contributed by atoms with van der Waals surface area (Å²) in [5, 5.41) is 0. The predicted octanol–water partition coefficient (Wildman–Crippen LogP) is 7.50. The fourth-order valence-electron chi connectivity index (χ4n) is 2.33. The van der Waals surface area contributed by atoms with Crippen LogP contribution in [0.15, 0.2) is 30.3 Å². The highest BCUT2D eigenvalue weighted by molar-refractivity contribution is 5.89. The van der Waals surface area contributed by atoms with Crippen LogP contribution in [-0.4, -0.2) is 60.7 Å². The molecule has 0 aliphatic heterocycles. The zero-order valence-corrected chi connectivity index (χ0v) is 17.2. The van der Waals surface area contributed by atoms with Crippen LogP contribution in [0.1, 0.15) is 15.9 Å². The first-order valence-electron chi connectivity index (χ1n) is 8.76. The molecule has 0 unspecified atom stereocenters. The largest absolute Gasteiger partial charge is 0.465 e. The van der Waals surface area contributed by atoms with Gasteiger partial charge in [0.05, 0.1) is 12.7 Å². The zero-order chi connectivity index (χ0) is 29.7. The summed E-state index contributed by atoms with van der Waals surface area (Å²) in [7, 11) is 0.901. The molecule has 0 atom stereocenters. The van der Waals surface area contributed by atoms with Gasteiger partial charge in [-0.1, -0.05) is 18.2 Å². The van der Waals surface area contributed by atoms with E-state index in [-0.39, 0.29) is 11.6 Å². The quantitative estimate of drug-likeness (QED) is 0.224. The summed E-state index contributed by atoms with van der Waals surface area (Å²) in [5.74, 6) is -57.8. The molecule has 1 aromatic rings. The average molecular weight is 580 g/mol. The van der Waals surface area contributed by atoms with Crippen molar-refractivity contribution in [3.63, 3.8) is 0 Å². The number of rotatable bonds is 9. The van der Waals surface area contributed by atoms with Crippen LogP contribution in [0, 0.1) is 0 Å². The van der Waals surface area contributed by atoms with E-state index < -0.39 is 65.2 Å². The Morgan fingerprint density at radius 1 is 0.595 bits per heavy atom. The fraction of sp³-hybridized carbons (Fsp3) is 0.500. The number of methoxy groups -OCH3 is 1. The molecule has 0 spiro atoms. The number of allylic oxidation sites excluding steroid dienone is 1. The second-order valence-corrected chi connectivity index (χ2v) is 7.01. The molecule has 0 aliphatic rings. The summed E-state index contributed by atoms with van der Waals surface area (Å²) in [6.07, 6.45) is -9.32. The second-order valence-electron chi connectivity index (χ2n) is 7.01. The molecule has 0 aromatic heterocycles. The van der Waals surface area contributed by atoms with Crippen LogP contribution in [0.4, 0.5) is 74.6 Å². The maximum Gasteiger partial charge on any atom is 0.460 e. The first kappa shape index (κ1) is 32.3. The first-order chi connectivity index (χ1) is 16.2. The van der Waals surface area contributed by atoms with E-state index in [0.717, 1.165) is 19.2 Å². The van der Waals surface area contributed by atoms with Gasteiger partial charge in [0.25, 0.3) is 0 Å². The molecule has 0 saturated heterocycles. The minimum absolute atomic E-state index is 0.215. The molecule has 19 heteroatoms. The topological polar surface area (TPSA) is 26.3 Å². The second kappa shape index (κ2) is 9.21. The maximum atomic E-state index is 13.8. The number of alkyl halides is 17. The smallest absolute Gasteiger partial charge is 0.460 e. The Hall–Kier alpha value is -2.76. The fourth-order valence-corrected chi connectivity index (χ4v) is 2.33. The van der Waals surface area contributed by atoms with Crippen molar-refractivity contribution in [2.75, 3.05) is 7.11 Å². The summed E-state index contributed by atoms with van der Waals surface area (Å²) in [5.41, 5.74) is -0.929. The molecule has 1 rings (SSSR count). The number of esters is 1. The molecule has 0 heterocycles. The van der Waals surface area contributed by atoms with Gasteiger partial charge in [-0.2, -0.15) is 74.6 Å². The number of carbonyl (C=O) groups excluding carboxylic acids is 1. The zero-order valence-electron chi connectivity index (χ0n) is 17.2. The Bertz CT molecular complexity index is 1010. The van der Waals surface area contributed by atoms with Crippen molar-refractivity contribution in [1.29, 1.82) is 0 Å². The Kier molecular flexibility index (Phi) is 8.03. The summed E-state index contributed by atoms with van der Waals surface area (Å²) in [6.45, 7) is 0. The van der Waals surface area contributed by atoms with E-state index in [1.807, 2.05) is 0 Å². The van der Waals surface area contributed by atoms with E-state index in [1.54, 1.807) is 0 Å². The average Bonchev–Trinajstić information content (AvgIpc) is 2.75. The van der Waals surface area contributed by atoms with Gasteiger partial charge >= 0.3 is 53.6 Å². The van der Waals surface area contributed by atoms with Crippen LogP contribution in [0.5, 0.6) is 0 Å². The third-order valence-corrected chi connectivity index (χ3v) is 4.56. The number of hydrogen-bond donors (Lipinski definition) is 0. The number of benzene rings is 1. The molecule has 212 valence electrons. The SMILES string of the molecule is COC(=O)c1ccc(/C=C/C(F)(F)C(F)(F)C(F)(F)C(F)(F)C(F)(F)C(F)(F)C(F)(F)C(F)(F)F)cc1. The number of ether oxygens (including phenoxy) is 1. The molecule has 2 nitrogen and oxygen atoms in total. The monoisotopic (exact) mass is 580 g/mol. The van der Waals surface area contributed by atoms with Crippen molar-refractivity contribution < 1.29 is 84.2 Å². The van der Waals surface area contributed by atoms with Gasteiger partial charge in [0.15, 0.2) is 0 Å². The molecule has 0 radical (unpaired) electrons. The van der Waals surface area contributed by atoms with Gasteiger partial charge in [0, 0.05) is 0 Å². The Morgan fingerprint density at radius 2 is 0.946 bits per heavy atom. The van der Waals surface area contributed by atoms with Crippen LogP contribution < -0.4 is 0 Å². The third-order valence-electron chi connectivity index (χ3n) is 4.56. The lowest BCUT2D eigenvalue weighted by atomic mass is 9.89. The molecule has 0 N–H and O–H groups in total. The van der Waals surface area contributed by atoms with Crippen LogP contribution in [0.3, 0.4) is 0 Å². The summed E-state index contributed by atoms with van der Waals surface area (Å²) in [4.78, 5) is 11.2. The molecular formula is C18H9F17O2. The predicted molar refractivity (Wildman–Crippen MR) is 87.5 cm³/mol. The van der Waals surface area contributed by atoms with Crippen molar-refractivity contribution in [1.82, 2.24) is 0 Å². The molecule has 0 bridgehead atoms. The third kappa shape index (κ3) is 4.80. The lowest BCUT2D eigenvalue weighted by Crippen LogP contribution is -2.74. The van der Waals surface area contributed by atoms with Crippen molar-refractivity contribution in [2.24, 2.45) is 0 Å². The summed E-state index contributed by atoms with van der Waals surface area (Å²) >= 11 is 0. The van der Waals surface area contributed by atoms with Crippen molar-refractivity contribution in [3.8, 4) is 0 Å². The Morgan fingerprint density at radius 3 is 1.30 bits per heavy atom. The van der Waals surface area contributed by atoms with E-state index in [9.17, 15) is 79.4 Å². The van der Waals surface area contributed by atoms with E-state index in [4.69, 9.17) is 0 Å². The lowest BCUT2D eigenvalue weighted by Gasteiger charge is -2.42. The molecule has 0 fully saturated rings. The maximum absolute atomic E-state index is 13.8. The van der Waals surface area contributed by atoms with Gasteiger partial charge in [-0.05, 0) is 23.8 Å². The molecule has 1 aromatic carbocycles. The van der Waals surface area contributed by atoms with Gasteiger partial charge in [-0.15, -0.1) is 0 Å². The molecule has 0 aliphatic carbocycles. The van der Waals surface area contributed by atoms with Gasteiger partial charge in [0.2, 0.25) is 0 Å². The highest BCUT2D eigenvalue weighted by Crippen LogP contribution is 2.64. The minimum Gasteiger partial charge on any atom is -0.465 e. The van der Waals surface area contributed by atoms with E-state index in [0.29, 0.717) is 12.1 Å². The van der Waals surface area contributed by atoms with Crippen molar-refractivity contribution in [3.05, 3.63) is 41.5 Å². The summed E-state index contributed by atoms with van der Waals surface area (Å²) in [6, 6.07) is 2.90. The van der Waals surface area contributed by atoms with Crippen LogP contribution in [-0.2, 0) is 4.74 Å². The number of hydrogen-bond acceptors (Lipinski definition) is 2. The molecule has 0 amide bonds. The Balaban J connectivity index is 3.52. The van der Waals surface area contributed by atoms with Crippen LogP contribution >= 0.6 is 0 Å². The molecule has 0 saturated carbocycles. The number of halogens is 17. The van der Waals surface area contributed by atoms with Crippen LogP contribution in [0.25, 0.3) is 6.08 Å². The van der Waals surface area contributed by atoms with Crippen molar-refractivity contribution in [2.45, 2.75) is 47.6 Å². The first-order valence-corrected chi connectivity index (χ1v) is 8.76. The van der Waals surface area contributed by atoms with Crippen LogP contribution in [0.2, 0.25) is 0 Å². The highest BCUT2D eigenvalue weighted by Gasteiger charge is 2.95. The van der Waals surface area contributed by atoms with E-state index >= 15 is 0 Å². The normalized spacial score (nSPS) is 15.3.